The van der Waals surface area contributed by atoms with E-state index < -0.39 is 10.0 Å². The van der Waals surface area contributed by atoms with E-state index in [1.54, 1.807) is 23.9 Å². The Labute approximate surface area is 179 Å². The minimum Gasteiger partial charge on any atom is -0.339 e. The summed E-state index contributed by atoms with van der Waals surface area (Å²) in [7, 11) is -3.59. The van der Waals surface area contributed by atoms with Crippen molar-refractivity contribution >= 4 is 33.4 Å². The number of aromatic nitrogens is 2. The average molecular weight is 450 g/mol. The zero-order valence-electron chi connectivity index (χ0n) is 15.8. The van der Waals surface area contributed by atoms with Crippen LogP contribution >= 0.6 is 23.4 Å². The minimum atomic E-state index is -3.59. The normalized spacial score (nSPS) is 18.1. The van der Waals surface area contributed by atoms with Crippen LogP contribution < -0.4 is 0 Å². The average Bonchev–Trinajstić information content (AvgIpc) is 3.24. The third-order valence-electron chi connectivity index (χ3n) is 4.97. The number of hydrogen-bond acceptors (Lipinski definition) is 6. The number of sulfonamides is 1. The lowest BCUT2D eigenvalue weighted by Gasteiger charge is -2.30. The van der Waals surface area contributed by atoms with Crippen LogP contribution in [0.25, 0.3) is 11.4 Å². The number of rotatable bonds is 5. The Morgan fingerprint density at radius 1 is 1.14 bits per heavy atom. The van der Waals surface area contributed by atoms with Crippen molar-refractivity contribution in [3.8, 4) is 11.4 Å². The molecule has 1 saturated heterocycles. The maximum atomic E-state index is 13.0. The largest absolute Gasteiger partial charge is 0.339 e. The van der Waals surface area contributed by atoms with E-state index >= 15 is 0 Å². The molecule has 0 unspecified atom stereocenters. The van der Waals surface area contributed by atoms with E-state index in [-0.39, 0.29) is 10.8 Å². The van der Waals surface area contributed by atoms with Crippen LogP contribution in [0.3, 0.4) is 0 Å². The highest BCUT2D eigenvalue weighted by molar-refractivity contribution is 7.98. The third-order valence-corrected chi connectivity index (χ3v) is 7.85. The van der Waals surface area contributed by atoms with Crippen LogP contribution in [0.2, 0.25) is 5.02 Å². The summed E-state index contributed by atoms with van der Waals surface area (Å²) in [6.07, 6.45) is 3.56. The Kier molecular flexibility index (Phi) is 5.96. The molecule has 2 heterocycles. The highest BCUT2D eigenvalue weighted by atomic mass is 35.5. The topological polar surface area (TPSA) is 76.3 Å². The van der Waals surface area contributed by atoms with Gasteiger partial charge in [0, 0.05) is 28.6 Å². The summed E-state index contributed by atoms with van der Waals surface area (Å²) in [4.78, 5) is 5.94. The molecule has 3 aromatic rings. The Balaban J connectivity index is 1.52. The van der Waals surface area contributed by atoms with Crippen LogP contribution in [-0.2, 0) is 10.0 Å². The molecular weight excluding hydrogens is 430 g/mol. The summed E-state index contributed by atoms with van der Waals surface area (Å²) in [5, 5.41) is 4.60. The second kappa shape index (κ2) is 8.47. The van der Waals surface area contributed by atoms with E-state index in [1.807, 2.05) is 30.5 Å². The smallest absolute Gasteiger partial charge is 0.243 e. The summed E-state index contributed by atoms with van der Waals surface area (Å²) >= 11 is 7.55. The van der Waals surface area contributed by atoms with Crippen molar-refractivity contribution in [1.29, 1.82) is 0 Å². The Bertz CT molecular complexity index is 1080. The lowest BCUT2D eigenvalue weighted by Crippen LogP contribution is -2.39. The van der Waals surface area contributed by atoms with Gasteiger partial charge in [0.05, 0.1) is 10.8 Å². The number of hydrogen-bond donors (Lipinski definition) is 0. The number of benzene rings is 2. The van der Waals surface area contributed by atoms with E-state index in [4.69, 9.17) is 16.1 Å². The highest BCUT2D eigenvalue weighted by Gasteiger charge is 2.33. The lowest BCUT2D eigenvalue weighted by molar-refractivity contribution is 0.265. The van der Waals surface area contributed by atoms with Crippen molar-refractivity contribution in [2.45, 2.75) is 28.6 Å². The Morgan fingerprint density at radius 2 is 1.86 bits per heavy atom. The molecule has 1 fully saturated rings. The van der Waals surface area contributed by atoms with Crippen molar-refractivity contribution < 1.29 is 12.9 Å². The van der Waals surface area contributed by atoms with Crippen LogP contribution in [0.1, 0.15) is 24.7 Å². The van der Waals surface area contributed by atoms with Crippen molar-refractivity contribution in [2.24, 2.45) is 0 Å². The first kappa shape index (κ1) is 20.4. The molecule has 4 rings (SSSR count). The van der Waals surface area contributed by atoms with Crippen LogP contribution in [-0.4, -0.2) is 42.2 Å². The fourth-order valence-corrected chi connectivity index (χ4v) is 5.43. The molecule has 0 bridgehead atoms. The zero-order chi connectivity index (χ0) is 20.4. The van der Waals surface area contributed by atoms with Crippen molar-refractivity contribution in [2.75, 3.05) is 19.3 Å². The van der Waals surface area contributed by atoms with Crippen molar-refractivity contribution in [1.82, 2.24) is 14.4 Å². The number of nitrogens with zero attached hydrogens (tertiary/aromatic N) is 3. The first-order valence-electron chi connectivity index (χ1n) is 9.21. The van der Waals surface area contributed by atoms with Crippen LogP contribution in [0.4, 0.5) is 0 Å². The van der Waals surface area contributed by atoms with Gasteiger partial charge in [-0.3, -0.25) is 0 Å². The highest BCUT2D eigenvalue weighted by Crippen LogP contribution is 2.31. The van der Waals surface area contributed by atoms with Gasteiger partial charge in [-0.05, 0) is 67.6 Å². The minimum absolute atomic E-state index is 0.127. The number of piperidine rings is 1. The molecule has 0 N–H and O–H groups in total. The van der Waals surface area contributed by atoms with Gasteiger partial charge in [-0.2, -0.15) is 9.29 Å². The molecule has 0 amide bonds. The summed E-state index contributed by atoms with van der Waals surface area (Å²) in [5.74, 6) is 0.868. The molecule has 1 aromatic heterocycles. The maximum Gasteiger partial charge on any atom is 0.243 e. The fourth-order valence-electron chi connectivity index (χ4n) is 3.38. The molecule has 0 saturated carbocycles. The summed E-state index contributed by atoms with van der Waals surface area (Å²) in [6, 6.07) is 14.2. The fraction of sp³-hybridized carbons (Fsp3) is 0.300. The zero-order valence-corrected chi connectivity index (χ0v) is 18.2. The Morgan fingerprint density at radius 3 is 2.55 bits per heavy atom. The molecule has 152 valence electrons. The summed E-state index contributed by atoms with van der Waals surface area (Å²) in [6.45, 7) is 0.788. The monoisotopic (exact) mass is 449 g/mol. The molecule has 6 nitrogen and oxygen atoms in total. The number of thioether (sulfide) groups is 1. The Hall–Kier alpha value is -1.87. The predicted octanol–water partition coefficient (Wildman–Crippen LogP) is 4.68. The van der Waals surface area contributed by atoms with E-state index in [9.17, 15) is 8.42 Å². The van der Waals surface area contributed by atoms with E-state index in [1.165, 1.54) is 16.4 Å². The summed E-state index contributed by atoms with van der Waals surface area (Å²) < 4.78 is 32.9. The predicted molar refractivity (Wildman–Crippen MR) is 114 cm³/mol. The second-order valence-electron chi connectivity index (χ2n) is 6.84. The second-order valence-corrected chi connectivity index (χ2v) is 10.1. The van der Waals surface area contributed by atoms with E-state index in [0.717, 1.165) is 23.3 Å². The number of halogens is 1. The van der Waals surface area contributed by atoms with E-state index in [0.29, 0.717) is 29.8 Å². The van der Waals surface area contributed by atoms with E-state index in [2.05, 4.69) is 10.1 Å². The third kappa shape index (κ3) is 4.35. The van der Waals surface area contributed by atoms with Gasteiger partial charge in [-0.25, -0.2) is 8.42 Å². The van der Waals surface area contributed by atoms with Gasteiger partial charge >= 0.3 is 0 Å². The van der Waals surface area contributed by atoms with Crippen LogP contribution in [0.5, 0.6) is 0 Å². The van der Waals surface area contributed by atoms with Gasteiger partial charge in [0.2, 0.25) is 21.7 Å². The standard InChI is InChI=1S/C20H20ClN3O3S2/c1-28-17-8-4-14(5-9-17)19-22-20(27-23-19)15-3-2-12-24(13-15)29(25,26)18-10-6-16(21)7-11-18/h4-11,15H,2-3,12-13H2,1H3/t15-/m1/s1. The van der Waals surface area contributed by atoms with Crippen molar-refractivity contribution in [3.05, 3.63) is 59.4 Å². The maximum absolute atomic E-state index is 13.0. The van der Waals surface area contributed by atoms with Crippen LogP contribution in [0.15, 0.2) is 62.8 Å². The van der Waals surface area contributed by atoms with Crippen molar-refractivity contribution in [3.63, 3.8) is 0 Å². The molecule has 1 aliphatic rings. The molecule has 0 spiro atoms. The lowest BCUT2D eigenvalue weighted by atomic mass is 10.00. The quantitative estimate of drug-likeness (QED) is 0.526. The first-order chi connectivity index (χ1) is 14.0. The molecule has 2 aromatic carbocycles. The van der Waals surface area contributed by atoms with Gasteiger partial charge in [-0.1, -0.05) is 16.8 Å². The van der Waals surface area contributed by atoms with Gasteiger partial charge in [0.15, 0.2) is 0 Å². The van der Waals surface area contributed by atoms with Crippen LogP contribution in [0, 0.1) is 0 Å². The van der Waals surface area contributed by atoms with Gasteiger partial charge in [-0.15, -0.1) is 11.8 Å². The molecule has 29 heavy (non-hydrogen) atoms. The first-order valence-corrected chi connectivity index (χ1v) is 12.3. The molecule has 1 aliphatic heterocycles. The summed E-state index contributed by atoms with van der Waals surface area (Å²) in [5.41, 5.74) is 0.874. The van der Waals surface area contributed by atoms with Gasteiger partial charge in [0.25, 0.3) is 0 Å². The molecule has 9 heteroatoms. The van der Waals surface area contributed by atoms with Gasteiger partial charge < -0.3 is 4.52 Å². The molecular formula is C20H20ClN3O3S2. The van der Waals surface area contributed by atoms with Gasteiger partial charge in [0.1, 0.15) is 0 Å². The molecule has 0 radical (unpaired) electrons. The molecule has 0 aliphatic carbocycles. The molecule has 1 atom stereocenters. The SMILES string of the molecule is CSc1ccc(-c2noc([C@@H]3CCCN(S(=O)(=O)c4ccc(Cl)cc4)C3)n2)cc1.